The van der Waals surface area contributed by atoms with Crippen molar-refractivity contribution in [3.05, 3.63) is 66.3 Å². The van der Waals surface area contributed by atoms with Gasteiger partial charge in [-0.25, -0.2) is 0 Å². The maximum Gasteiger partial charge on any atom is 0.303 e. The molecule has 8 heteroatoms. The molecule has 0 heterocycles. The molecule has 2 rings (SSSR count). The Morgan fingerprint density at radius 2 is 1.85 bits per heavy atom. The molecule has 0 spiro atoms. The number of esters is 2. The molecular weight excluding hydrogens is 428 g/mol. The number of allylic oxidation sites excluding steroid dienone is 3. The quantitative estimate of drug-likeness (QED) is 0.278. The van der Waals surface area contributed by atoms with E-state index in [4.69, 9.17) is 14.2 Å². The zero-order valence-corrected chi connectivity index (χ0v) is 18.8. The summed E-state index contributed by atoms with van der Waals surface area (Å²) in [5, 5.41) is 21.1. The van der Waals surface area contributed by atoms with Crippen LogP contribution in [0.4, 0.5) is 0 Å². The van der Waals surface area contributed by atoms with Crippen LogP contribution in [0.5, 0.6) is 5.75 Å². The number of aliphatic hydroxyl groups is 2. The van der Waals surface area contributed by atoms with Gasteiger partial charge >= 0.3 is 11.9 Å². The Morgan fingerprint density at radius 3 is 2.52 bits per heavy atom. The van der Waals surface area contributed by atoms with Crippen molar-refractivity contribution >= 4 is 17.7 Å². The third-order valence-electron chi connectivity index (χ3n) is 4.91. The van der Waals surface area contributed by atoms with Gasteiger partial charge in [-0.3, -0.25) is 14.4 Å². The Bertz CT molecular complexity index is 902. The number of para-hydroxylation sites is 1. The van der Waals surface area contributed by atoms with Crippen LogP contribution in [-0.4, -0.2) is 59.0 Å². The molecule has 0 amide bonds. The summed E-state index contributed by atoms with van der Waals surface area (Å²) in [6, 6.07) is 9.41. The van der Waals surface area contributed by atoms with Crippen LogP contribution in [0.3, 0.4) is 0 Å². The smallest absolute Gasteiger partial charge is 0.303 e. The number of hydrogen-bond donors (Lipinski definition) is 2. The number of rotatable bonds is 12. The van der Waals surface area contributed by atoms with E-state index in [0.717, 1.165) is 5.75 Å². The second kappa shape index (κ2) is 12.7. The minimum absolute atomic E-state index is 0.179. The number of carbonyl (C=O) groups is 3. The highest BCUT2D eigenvalue weighted by atomic mass is 16.6. The molecule has 0 radical (unpaired) electrons. The van der Waals surface area contributed by atoms with Gasteiger partial charge in [0.15, 0.2) is 5.78 Å². The van der Waals surface area contributed by atoms with Gasteiger partial charge in [0.1, 0.15) is 30.2 Å². The molecule has 8 nitrogen and oxygen atoms in total. The van der Waals surface area contributed by atoms with Gasteiger partial charge in [-0.1, -0.05) is 30.4 Å². The van der Waals surface area contributed by atoms with E-state index in [-0.39, 0.29) is 18.0 Å². The average molecular weight is 459 g/mol. The molecule has 0 aliphatic heterocycles. The molecule has 0 fully saturated rings. The van der Waals surface area contributed by atoms with Crippen LogP contribution in [0.15, 0.2) is 66.3 Å². The molecule has 1 aromatic rings. The van der Waals surface area contributed by atoms with Crippen molar-refractivity contribution in [1.82, 2.24) is 0 Å². The van der Waals surface area contributed by atoms with Crippen LogP contribution in [0.25, 0.3) is 0 Å². The summed E-state index contributed by atoms with van der Waals surface area (Å²) in [6.45, 7) is 2.51. The lowest BCUT2D eigenvalue weighted by Crippen LogP contribution is -2.33. The summed E-state index contributed by atoms with van der Waals surface area (Å²) in [5.41, 5.74) is -1.24. The second-order valence-electron chi connectivity index (χ2n) is 7.65. The standard InChI is InChI=1S/C25H30O8/c1-18(26)32-17-23(29)24(33-19(2)27)12-8-11-21-22(28)13-15-25(21,30)14-6-7-16-31-20-9-4-3-5-10-20/h3-5,8-13,15,23-24,29-30H,6-7,14,16-17H2,1-2H3/b12-8+,21-11+/t23-,24+,25?/m1/s1. The van der Waals surface area contributed by atoms with Crippen LogP contribution in [0.1, 0.15) is 33.1 Å². The maximum absolute atomic E-state index is 12.3. The van der Waals surface area contributed by atoms with Gasteiger partial charge in [0.2, 0.25) is 0 Å². The molecule has 33 heavy (non-hydrogen) atoms. The van der Waals surface area contributed by atoms with Gasteiger partial charge in [-0.05, 0) is 49.6 Å². The van der Waals surface area contributed by atoms with Crippen LogP contribution in [0, 0.1) is 0 Å². The number of carbonyl (C=O) groups excluding carboxylic acids is 3. The van der Waals surface area contributed by atoms with Crippen molar-refractivity contribution in [1.29, 1.82) is 0 Å². The Balaban J connectivity index is 1.95. The third kappa shape index (κ3) is 8.67. The molecule has 1 aliphatic carbocycles. The summed E-state index contributed by atoms with van der Waals surface area (Å²) in [7, 11) is 0. The number of benzene rings is 1. The highest BCUT2D eigenvalue weighted by Gasteiger charge is 2.36. The fourth-order valence-corrected chi connectivity index (χ4v) is 3.25. The number of ether oxygens (including phenoxy) is 3. The first-order chi connectivity index (χ1) is 15.7. The van der Waals surface area contributed by atoms with E-state index in [1.165, 1.54) is 44.2 Å². The lowest BCUT2D eigenvalue weighted by molar-refractivity contribution is -0.154. The molecular formula is C25H30O8. The van der Waals surface area contributed by atoms with E-state index in [9.17, 15) is 24.6 Å². The fraction of sp³-hybridized carbons (Fsp3) is 0.400. The lowest BCUT2D eigenvalue weighted by atomic mass is 9.90. The number of aliphatic hydroxyl groups excluding tert-OH is 1. The molecule has 0 aromatic heterocycles. The average Bonchev–Trinajstić information content (AvgIpc) is 3.05. The first-order valence-corrected chi connectivity index (χ1v) is 10.7. The van der Waals surface area contributed by atoms with Gasteiger partial charge in [-0.15, -0.1) is 0 Å². The Kier molecular flexibility index (Phi) is 10.0. The van der Waals surface area contributed by atoms with Crippen LogP contribution in [0.2, 0.25) is 0 Å². The van der Waals surface area contributed by atoms with E-state index in [1.807, 2.05) is 30.3 Å². The van der Waals surface area contributed by atoms with E-state index >= 15 is 0 Å². The van der Waals surface area contributed by atoms with Crippen molar-refractivity contribution in [2.24, 2.45) is 0 Å². The van der Waals surface area contributed by atoms with Crippen molar-refractivity contribution in [2.75, 3.05) is 13.2 Å². The highest BCUT2D eigenvalue weighted by Crippen LogP contribution is 2.31. The Labute approximate surface area is 193 Å². The fourth-order valence-electron chi connectivity index (χ4n) is 3.25. The topological polar surface area (TPSA) is 119 Å². The van der Waals surface area contributed by atoms with Gasteiger partial charge in [0.05, 0.1) is 6.61 Å². The summed E-state index contributed by atoms with van der Waals surface area (Å²) in [4.78, 5) is 34.5. The highest BCUT2D eigenvalue weighted by molar-refractivity contribution is 6.09. The second-order valence-corrected chi connectivity index (χ2v) is 7.65. The molecule has 3 atom stereocenters. The first-order valence-electron chi connectivity index (χ1n) is 10.7. The number of ketones is 1. The van der Waals surface area contributed by atoms with Gasteiger partial charge in [0, 0.05) is 19.4 Å². The predicted octanol–water partition coefficient (Wildman–Crippen LogP) is 2.44. The monoisotopic (exact) mass is 458 g/mol. The summed E-state index contributed by atoms with van der Waals surface area (Å²) < 4.78 is 15.4. The summed E-state index contributed by atoms with van der Waals surface area (Å²) >= 11 is 0. The van der Waals surface area contributed by atoms with Gasteiger partial charge in [0.25, 0.3) is 0 Å². The van der Waals surface area contributed by atoms with E-state index < -0.39 is 29.7 Å². The molecule has 1 aliphatic rings. The van der Waals surface area contributed by atoms with Crippen LogP contribution < -0.4 is 4.74 Å². The van der Waals surface area contributed by atoms with Crippen molar-refractivity contribution in [2.45, 2.75) is 50.9 Å². The normalized spacial score (nSPS) is 20.7. The first kappa shape index (κ1) is 26.0. The van der Waals surface area contributed by atoms with E-state index in [1.54, 1.807) is 0 Å². The molecule has 0 bridgehead atoms. The summed E-state index contributed by atoms with van der Waals surface area (Å²) in [5.74, 6) is -0.765. The zero-order valence-electron chi connectivity index (χ0n) is 18.8. The molecule has 0 saturated heterocycles. The van der Waals surface area contributed by atoms with Crippen molar-refractivity contribution < 1.29 is 38.8 Å². The SMILES string of the molecule is CC(=O)OC[C@@H](O)[C@H](/C=C/C=C1\C(=O)C=CC1(O)CCCCOc1ccccc1)OC(C)=O. The minimum Gasteiger partial charge on any atom is -0.494 e. The Hall–Kier alpha value is -3.23. The van der Waals surface area contributed by atoms with Gasteiger partial charge < -0.3 is 24.4 Å². The summed E-state index contributed by atoms with van der Waals surface area (Å²) in [6.07, 6.45) is 6.27. The molecule has 1 unspecified atom stereocenters. The third-order valence-corrected chi connectivity index (χ3v) is 4.91. The molecule has 2 N–H and O–H groups in total. The largest absolute Gasteiger partial charge is 0.494 e. The number of unbranched alkanes of at least 4 members (excludes halogenated alkanes) is 1. The molecule has 0 saturated carbocycles. The minimum atomic E-state index is -1.42. The van der Waals surface area contributed by atoms with Crippen LogP contribution >= 0.6 is 0 Å². The molecule has 1 aromatic carbocycles. The number of hydrogen-bond acceptors (Lipinski definition) is 8. The van der Waals surface area contributed by atoms with E-state index in [2.05, 4.69) is 0 Å². The van der Waals surface area contributed by atoms with Crippen LogP contribution in [-0.2, 0) is 23.9 Å². The molecule has 178 valence electrons. The Morgan fingerprint density at radius 1 is 1.12 bits per heavy atom. The van der Waals surface area contributed by atoms with Crippen molar-refractivity contribution in [3.63, 3.8) is 0 Å². The predicted molar refractivity (Wildman–Crippen MR) is 120 cm³/mol. The van der Waals surface area contributed by atoms with E-state index in [0.29, 0.717) is 25.9 Å². The zero-order chi connectivity index (χ0) is 24.3. The van der Waals surface area contributed by atoms with Crippen molar-refractivity contribution in [3.8, 4) is 5.75 Å². The van der Waals surface area contributed by atoms with Gasteiger partial charge in [-0.2, -0.15) is 0 Å². The lowest BCUT2D eigenvalue weighted by Gasteiger charge is -2.22. The maximum atomic E-state index is 12.3.